The lowest BCUT2D eigenvalue weighted by Crippen LogP contribution is -2.53. The molecule has 1 saturated carbocycles. The molecule has 0 spiro atoms. The highest BCUT2D eigenvalue weighted by atomic mass is 16.5. The van der Waals surface area contributed by atoms with Crippen molar-refractivity contribution in [1.29, 1.82) is 0 Å². The average Bonchev–Trinajstić information content (AvgIpc) is 3.21. The van der Waals surface area contributed by atoms with Gasteiger partial charge in [-0.3, -0.25) is 0 Å². The van der Waals surface area contributed by atoms with Gasteiger partial charge in [0.15, 0.2) is 0 Å². The molecule has 4 rings (SSSR count). The van der Waals surface area contributed by atoms with E-state index in [2.05, 4.69) is 47.8 Å². The molecule has 2 nitrogen and oxygen atoms in total. The van der Waals surface area contributed by atoms with Gasteiger partial charge >= 0.3 is 0 Å². The molecule has 1 saturated heterocycles. The Morgan fingerprint density at radius 3 is 2.53 bits per heavy atom. The summed E-state index contributed by atoms with van der Waals surface area (Å²) in [5.74, 6) is 0. The number of hydrogen-bond acceptors (Lipinski definition) is 2. The van der Waals surface area contributed by atoms with Gasteiger partial charge in [0.05, 0.1) is 18.6 Å². The Bertz CT molecular complexity index is 599. The Hall–Kier alpha value is -1.38. The Morgan fingerprint density at radius 1 is 1.05 bits per heavy atom. The quantitative estimate of drug-likeness (QED) is 0.904. The van der Waals surface area contributed by atoms with Crippen molar-refractivity contribution >= 4 is 10.8 Å². The van der Waals surface area contributed by atoms with Gasteiger partial charge in [-0.15, -0.1) is 0 Å². The van der Waals surface area contributed by atoms with E-state index in [-0.39, 0.29) is 5.41 Å². The predicted molar refractivity (Wildman–Crippen MR) is 77.5 cm³/mol. The number of nitrogens with one attached hydrogen (secondary N) is 1. The minimum atomic E-state index is 0.201. The average molecular weight is 253 g/mol. The lowest BCUT2D eigenvalue weighted by atomic mass is 9.78. The Labute approximate surface area is 113 Å². The summed E-state index contributed by atoms with van der Waals surface area (Å²) in [4.78, 5) is 0. The van der Waals surface area contributed by atoms with Crippen LogP contribution in [0.4, 0.5) is 0 Å². The zero-order valence-electron chi connectivity index (χ0n) is 11.1. The van der Waals surface area contributed by atoms with Crippen LogP contribution in [0, 0.1) is 0 Å². The summed E-state index contributed by atoms with van der Waals surface area (Å²) >= 11 is 0. The van der Waals surface area contributed by atoms with Gasteiger partial charge in [0.25, 0.3) is 0 Å². The molecule has 0 atom stereocenters. The fraction of sp³-hybridized carbons (Fsp3) is 0.412. The highest BCUT2D eigenvalue weighted by Crippen LogP contribution is 2.34. The van der Waals surface area contributed by atoms with E-state index >= 15 is 0 Å². The highest BCUT2D eigenvalue weighted by Gasteiger charge is 2.41. The first-order valence-electron chi connectivity index (χ1n) is 7.16. The Morgan fingerprint density at radius 2 is 1.84 bits per heavy atom. The van der Waals surface area contributed by atoms with Crippen LogP contribution in [-0.2, 0) is 10.2 Å². The molecule has 2 aromatic carbocycles. The van der Waals surface area contributed by atoms with Gasteiger partial charge < -0.3 is 10.1 Å². The molecule has 98 valence electrons. The molecule has 2 fully saturated rings. The maximum Gasteiger partial charge on any atom is 0.0598 e. The van der Waals surface area contributed by atoms with Crippen molar-refractivity contribution in [3.05, 3.63) is 48.0 Å². The molecule has 0 amide bonds. The normalized spacial score (nSPS) is 21.3. The third-order valence-corrected chi connectivity index (χ3v) is 4.43. The van der Waals surface area contributed by atoms with E-state index in [0.29, 0.717) is 0 Å². The molecule has 1 heterocycles. The molecule has 19 heavy (non-hydrogen) atoms. The van der Waals surface area contributed by atoms with Crippen LogP contribution in [0.1, 0.15) is 18.4 Å². The van der Waals surface area contributed by atoms with Gasteiger partial charge in [0.2, 0.25) is 0 Å². The van der Waals surface area contributed by atoms with Crippen LogP contribution >= 0.6 is 0 Å². The van der Waals surface area contributed by atoms with Crippen molar-refractivity contribution in [2.24, 2.45) is 0 Å². The summed E-state index contributed by atoms with van der Waals surface area (Å²) in [6.45, 7) is 2.76. The van der Waals surface area contributed by atoms with Crippen molar-refractivity contribution in [3.8, 4) is 0 Å². The lowest BCUT2D eigenvalue weighted by molar-refractivity contribution is -0.0591. The third kappa shape index (κ3) is 2.05. The van der Waals surface area contributed by atoms with E-state index in [9.17, 15) is 0 Å². The maximum absolute atomic E-state index is 5.52. The van der Waals surface area contributed by atoms with E-state index in [1.807, 2.05) is 0 Å². The van der Waals surface area contributed by atoms with Gasteiger partial charge in [-0.2, -0.15) is 0 Å². The number of hydrogen-bond donors (Lipinski definition) is 1. The van der Waals surface area contributed by atoms with Crippen LogP contribution in [0.5, 0.6) is 0 Å². The monoisotopic (exact) mass is 253 g/mol. The molecule has 0 radical (unpaired) electrons. The minimum Gasteiger partial charge on any atom is -0.379 e. The van der Waals surface area contributed by atoms with Crippen molar-refractivity contribution < 1.29 is 4.74 Å². The smallest absolute Gasteiger partial charge is 0.0598 e. The van der Waals surface area contributed by atoms with Crippen LogP contribution < -0.4 is 5.32 Å². The highest BCUT2D eigenvalue weighted by molar-refractivity contribution is 5.83. The summed E-state index contributed by atoms with van der Waals surface area (Å²) in [7, 11) is 0. The summed E-state index contributed by atoms with van der Waals surface area (Å²) in [6, 6.07) is 16.2. The van der Waals surface area contributed by atoms with Crippen LogP contribution in [0.2, 0.25) is 0 Å². The number of ether oxygens (including phenoxy) is 1. The summed E-state index contributed by atoms with van der Waals surface area (Å²) < 4.78 is 5.52. The molecule has 0 aromatic heterocycles. The van der Waals surface area contributed by atoms with E-state index in [1.54, 1.807) is 0 Å². The van der Waals surface area contributed by atoms with Gasteiger partial charge in [-0.1, -0.05) is 42.5 Å². The zero-order valence-corrected chi connectivity index (χ0v) is 11.1. The molecule has 1 aliphatic carbocycles. The van der Waals surface area contributed by atoms with Crippen molar-refractivity contribution in [2.75, 3.05) is 19.8 Å². The summed E-state index contributed by atoms with van der Waals surface area (Å²) in [5, 5.41) is 6.31. The molecular formula is C17H19NO. The topological polar surface area (TPSA) is 21.3 Å². The molecule has 0 unspecified atom stereocenters. The van der Waals surface area contributed by atoms with Crippen LogP contribution in [0.15, 0.2) is 42.5 Å². The first kappa shape index (κ1) is 11.4. The second kappa shape index (κ2) is 4.32. The largest absolute Gasteiger partial charge is 0.379 e. The van der Waals surface area contributed by atoms with E-state index < -0.39 is 0 Å². The SMILES string of the molecule is c1ccc2cc(C3(CNC4CC4)COC3)ccc2c1. The van der Waals surface area contributed by atoms with Crippen molar-refractivity contribution in [3.63, 3.8) is 0 Å². The molecule has 0 bridgehead atoms. The Kier molecular flexibility index (Phi) is 2.61. The molecule has 1 aliphatic heterocycles. The van der Waals surface area contributed by atoms with Crippen LogP contribution in [0.25, 0.3) is 10.8 Å². The zero-order chi connectivity index (χ0) is 12.7. The van der Waals surface area contributed by atoms with Gasteiger partial charge in [0, 0.05) is 12.6 Å². The molecular weight excluding hydrogens is 234 g/mol. The summed E-state index contributed by atoms with van der Waals surface area (Å²) in [5.41, 5.74) is 1.62. The predicted octanol–water partition coefficient (Wildman–Crippen LogP) is 2.86. The van der Waals surface area contributed by atoms with E-state index in [4.69, 9.17) is 4.74 Å². The number of fused-ring (bicyclic) bond motifs is 1. The van der Waals surface area contributed by atoms with E-state index in [0.717, 1.165) is 25.8 Å². The second-order valence-electron chi connectivity index (χ2n) is 5.99. The van der Waals surface area contributed by atoms with Crippen molar-refractivity contribution in [1.82, 2.24) is 5.32 Å². The van der Waals surface area contributed by atoms with Gasteiger partial charge in [-0.05, 0) is 29.2 Å². The molecule has 1 N–H and O–H groups in total. The number of benzene rings is 2. The number of rotatable bonds is 4. The molecule has 2 aliphatic rings. The van der Waals surface area contributed by atoms with Crippen molar-refractivity contribution in [2.45, 2.75) is 24.3 Å². The standard InChI is InChI=1S/C17H19NO/c1-2-4-14-9-15(6-5-13(14)3-1)17(11-19-12-17)10-18-16-7-8-16/h1-6,9,16,18H,7-8,10-12H2. The third-order valence-electron chi connectivity index (χ3n) is 4.43. The first-order valence-corrected chi connectivity index (χ1v) is 7.16. The molecule has 2 heteroatoms. The fourth-order valence-corrected chi connectivity index (χ4v) is 2.87. The van der Waals surface area contributed by atoms with Gasteiger partial charge in [-0.25, -0.2) is 0 Å². The summed E-state index contributed by atoms with van der Waals surface area (Å²) in [6.07, 6.45) is 2.68. The van der Waals surface area contributed by atoms with E-state index in [1.165, 1.54) is 29.2 Å². The maximum atomic E-state index is 5.52. The Balaban J connectivity index is 1.66. The fourth-order valence-electron chi connectivity index (χ4n) is 2.87. The van der Waals surface area contributed by atoms with Crippen LogP contribution in [0.3, 0.4) is 0 Å². The lowest BCUT2D eigenvalue weighted by Gasteiger charge is -2.42. The first-order chi connectivity index (χ1) is 9.36. The van der Waals surface area contributed by atoms with Crippen LogP contribution in [-0.4, -0.2) is 25.8 Å². The second-order valence-corrected chi connectivity index (χ2v) is 5.99. The molecule has 2 aromatic rings. The minimum absolute atomic E-state index is 0.201. The van der Waals surface area contributed by atoms with Gasteiger partial charge in [0.1, 0.15) is 0 Å².